The number of halogens is 1. The topological polar surface area (TPSA) is 77.4 Å². The number of benzene rings is 1. The maximum absolute atomic E-state index is 12.8. The normalized spacial score (nSPS) is 14.1. The van der Waals surface area contributed by atoms with E-state index in [1.165, 1.54) is 10.6 Å². The minimum atomic E-state index is -0.350. The zero-order valence-electron chi connectivity index (χ0n) is 18.0. The molecule has 0 saturated carbocycles. The fourth-order valence-corrected chi connectivity index (χ4v) is 3.67. The largest absolute Gasteiger partial charge is 0.378 e. The molecule has 6 nitrogen and oxygen atoms in total. The summed E-state index contributed by atoms with van der Waals surface area (Å²) in [5.74, 6) is -0.318. The van der Waals surface area contributed by atoms with Gasteiger partial charge in [0.2, 0.25) is 0 Å². The van der Waals surface area contributed by atoms with Crippen molar-refractivity contribution in [2.45, 2.75) is 51.7 Å². The molecule has 3 rings (SSSR count). The predicted molar refractivity (Wildman–Crippen MR) is 124 cm³/mol. The third-order valence-electron chi connectivity index (χ3n) is 5.41. The summed E-state index contributed by atoms with van der Waals surface area (Å²) in [7, 11) is 0. The van der Waals surface area contributed by atoms with Crippen LogP contribution in [0.1, 0.15) is 65.3 Å². The smallest absolute Gasteiger partial charge is 0.261 e. The van der Waals surface area contributed by atoms with E-state index in [2.05, 4.69) is 5.32 Å². The number of carbonyl (C=O) groups excluding carboxylic acids is 2. The zero-order valence-corrected chi connectivity index (χ0v) is 18.8. The molecule has 0 bridgehead atoms. The molecule has 1 aromatic carbocycles. The minimum absolute atomic E-state index is 0. The maximum atomic E-state index is 12.8. The molecule has 0 unspecified atom stereocenters. The van der Waals surface area contributed by atoms with Crippen LogP contribution in [-0.4, -0.2) is 41.9 Å². The minimum Gasteiger partial charge on any atom is -0.378 e. The quantitative estimate of drug-likeness (QED) is 0.445. The standard InChI is InChI=1S/C24H30N2O4.ClH/c1-2-22(27)21-15-19(17-26(24(21)29)16-18-7-4-3-5-8-18)23(28)9-6-14-30-20-10-12-25-13-11-20;/h3-5,7-8,15,17,20,25H,2,6,9-14,16H2,1H3;1H. The predicted octanol–water partition coefficient (Wildman–Crippen LogP) is 3.64. The van der Waals surface area contributed by atoms with Gasteiger partial charge in [0.05, 0.1) is 18.2 Å². The lowest BCUT2D eigenvalue weighted by Crippen LogP contribution is -2.32. The van der Waals surface area contributed by atoms with Crippen molar-refractivity contribution in [3.63, 3.8) is 0 Å². The van der Waals surface area contributed by atoms with Crippen LogP contribution in [0.25, 0.3) is 0 Å². The van der Waals surface area contributed by atoms with Gasteiger partial charge in [-0.2, -0.15) is 0 Å². The molecule has 1 fully saturated rings. The molecule has 31 heavy (non-hydrogen) atoms. The first-order chi connectivity index (χ1) is 14.6. The van der Waals surface area contributed by atoms with Crippen molar-refractivity contribution in [2.24, 2.45) is 0 Å². The van der Waals surface area contributed by atoms with Crippen LogP contribution in [0.15, 0.2) is 47.4 Å². The summed E-state index contributed by atoms with van der Waals surface area (Å²) in [5.41, 5.74) is 1.08. The van der Waals surface area contributed by atoms with E-state index in [0.717, 1.165) is 31.5 Å². The average molecular weight is 447 g/mol. The number of hydrogen-bond acceptors (Lipinski definition) is 5. The molecule has 0 spiro atoms. The van der Waals surface area contributed by atoms with Crippen molar-refractivity contribution in [3.8, 4) is 0 Å². The average Bonchev–Trinajstić information content (AvgIpc) is 2.78. The highest BCUT2D eigenvalue weighted by Gasteiger charge is 2.17. The van der Waals surface area contributed by atoms with Crippen LogP contribution in [-0.2, 0) is 11.3 Å². The molecular weight excluding hydrogens is 416 g/mol. The summed E-state index contributed by atoms with van der Waals surface area (Å²) < 4.78 is 7.34. The number of hydrogen-bond donors (Lipinski definition) is 1. The Morgan fingerprint density at radius 2 is 1.84 bits per heavy atom. The van der Waals surface area contributed by atoms with Crippen LogP contribution in [0.3, 0.4) is 0 Å². The molecule has 7 heteroatoms. The number of carbonyl (C=O) groups is 2. The second kappa shape index (κ2) is 12.5. The Morgan fingerprint density at radius 3 is 2.52 bits per heavy atom. The lowest BCUT2D eigenvalue weighted by Gasteiger charge is -2.22. The number of nitrogens with zero attached hydrogens (tertiary/aromatic N) is 1. The molecular formula is C24H31ClN2O4. The van der Waals surface area contributed by atoms with Gasteiger partial charge in [-0.05, 0) is 44.0 Å². The molecule has 1 N–H and O–H groups in total. The summed E-state index contributed by atoms with van der Waals surface area (Å²) >= 11 is 0. The molecule has 0 radical (unpaired) electrons. The number of pyridine rings is 1. The summed E-state index contributed by atoms with van der Waals surface area (Å²) in [6.07, 6.45) is 5.02. The van der Waals surface area contributed by atoms with E-state index in [-0.39, 0.29) is 47.6 Å². The number of ether oxygens (including phenoxy) is 1. The van der Waals surface area contributed by atoms with Crippen molar-refractivity contribution in [2.75, 3.05) is 19.7 Å². The Kier molecular flexibility index (Phi) is 10.1. The highest BCUT2D eigenvalue weighted by atomic mass is 35.5. The van der Waals surface area contributed by atoms with E-state index in [1.807, 2.05) is 30.3 Å². The number of rotatable bonds is 10. The van der Waals surface area contributed by atoms with Crippen LogP contribution in [0.5, 0.6) is 0 Å². The second-order valence-corrected chi connectivity index (χ2v) is 7.68. The molecule has 1 saturated heterocycles. The molecule has 0 amide bonds. The first kappa shape index (κ1) is 25.0. The number of Topliss-reactive ketones (excluding diaryl/α,β-unsaturated/α-hetero) is 2. The SMILES string of the molecule is CCC(=O)c1cc(C(=O)CCCOC2CCNCC2)cn(Cc2ccccc2)c1=O.Cl. The van der Waals surface area contributed by atoms with Crippen molar-refractivity contribution in [1.29, 1.82) is 0 Å². The summed E-state index contributed by atoms with van der Waals surface area (Å²) in [4.78, 5) is 37.9. The van der Waals surface area contributed by atoms with Crippen LogP contribution in [0, 0.1) is 0 Å². The zero-order chi connectivity index (χ0) is 21.3. The van der Waals surface area contributed by atoms with Crippen LogP contribution in [0.2, 0.25) is 0 Å². The van der Waals surface area contributed by atoms with E-state index in [9.17, 15) is 14.4 Å². The molecule has 0 atom stereocenters. The highest BCUT2D eigenvalue weighted by molar-refractivity contribution is 6.00. The lowest BCUT2D eigenvalue weighted by molar-refractivity contribution is 0.0307. The third-order valence-corrected chi connectivity index (χ3v) is 5.41. The van der Waals surface area contributed by atoms with Gasteiger partial charge in [-0.1, -0.05) is 37.3 Å². The number of ketones is 2. The van der Waals surface area contributed by atoms with Crippen LogP contribution < -0.4 is 10.9 Å². The van der Waals surface area contributed by atoms with Crippen molar-refractivity contribution < 1.29 is 14.3 Å². The van der Waals surface area contributed by atoms with E-state index in [4.69, 9.17) is 4.74 Å². The third kappa shape index (κ3) is 7.13. The van der Waals surface area contributed by atoms with Crippen molar-refractivity contribution in [3.05, 3.63) is 69.6 Å². The Hall–Kier alpha value is -2.28. The number of nitrogens with one attached hydrogen (secondary N) is 1. The maximum Gasteiger partial charge on any atom is 0.261 e. The summed E-state index contributed by atoms with van der Waals surface area (Å²) in [6.45, 7) is 4.53. The van der Waals surface area contributed by atoms with E-state index < -0.39 is 0 Å². The van der Waals surface area contributed by atoms with E-state index in [1.54, 1.807) is 13.1 Å². The molecule has 168 valence electrons. The fraction of sp³-hybridized carbons (Fsp3) is 0.458. The van der Waals surface area contributed by atoms with Gasteiger partial charge >= 0.3 is 0 Å². The fourth-order valence-electron chi connectivity index (χ4n) is 3.67. The molecule has 1 aromatic heterocycles. The molecule has 1 aliphatic rings. The second-order valence-electron chi connectivity index (χ2n) is 7.68. The summed E-state index contributed by atoms with van der Waals surface area (Å²) in [6, 6.07) is 11.0. The van der Waals surface area contributed by atoms with Gasteiger partial charge in [0.1, 0.15) is 0 Å². The van der Waals surface area contributed by atoms with E-state index in [0.29, 0.717) is 31.6 Å². The first-order valence-electron chi connectivity index (χ1n) is 10.8. The molecule has 0 aliphatic carbocycles. The molecule has 1 aliphatic heterocycles. The molecule has 2 aromatic rings. The van der Waals surface area contributed by atoms with Gasteiger partial charge < -0.3 is 14.6 Å². The van der Waals surface area contributed by atoms with Crippen LogP contribution >= 0.6 is 12.4 Å². The van der Waals surface area contributed by atoms with Crippen molar-refractivity contribution >= 4 is 24.0 Å². The van der Waals surface area contributed by atoms with Crippen molar-refractivity contribution in [1.82, 2.24) is 9.88 Å². The number of piperidine rings is 1. The Labute approximate surface area is 189 Å². The van der Waals surface area contributed by atoms with Gasteiger partial charge in [0.25, 0.3) is 5.56 Å². The Morgan fingerprint density at radius 1 is 1.13 bits per heavy atom. The Bertz CT molecular complexity index is 921. The van der Waals surface area contributed by atoms with Crippen LogP contribution in [0.4, 0.5) is 0 Å². The number of aromatic nitrogens is 1. The van der Waals surface area contributed by atoms with E-state index >= 15 is 0 Å². The summed E-state index contributed by atoms with van der Waals surface area (Å²) in [5, 5.41) is 3.30. The lowest BCUT2D eigenvalue weighted by atomic mass is 10.0. The molecule has 2 heterocycles. The van der Waals surface area contributed by atoms with Gasteiger partial charge in [-0.15, -0.1) is 12.4 Å². The highest BCUT2D eigenvalue weighted by Crippen LogP contribution is 2.12. The van der Waals surface area contributed by atoms with Gasteiger partial charge in [-0.25, -0.2) is 0 Å². The monoisotopic (exact) mass is 446 g/mol. The van der Waals surface area contributed by atoms with Gasteiger partial charge in [0, 0.05) is 31.2 Å². The Balaban J connectivity index is 0.00000341. The van der Waals surface area contributed by atoms with Gasteiger partial charge in [-0.3, -0.25) is 14.4 Å². The first-order valence-corrected chi connectivity index (χ1v) is 10.8. The van der Waals surface area contributed by atoms with Gasteiger partial charge in [0.15, 0.2) is 11.6 Å².